The summed E-state index contributed by atoms with van der Waals surface area (Å²) in [5.41, 5.74) is 0. The lowest BCUT2D eigenvalue weighted by Crippen LogP contribution is -2.42. The van der Waals surface area contributed by atoms with Gasteiger partial charge >= 0.3 is 0 Å². The normalized spacial score (nSPS) is 33.2. The average molecular weight is 211 g/mol. The van der Waals surface area contributed by atoms with E-state index in [4.69, 9.17) is 4.74 Å². The van der Waals surface area contributed by atoms with E-state index in [0.717, 1.165) is 12.5 Å². The van der Waals surface area contributed by atoms with Crippen LogP contribution in [0.3, 0.4) is 0 Å². The molecule has 1 aliphatic heterocycles. The quantitative estimate of drug-likeness (QED) is 0.729. The third-order valence-corrected chi connectivity index (χ3v) is 3.71. The van der Waals surface area contributed by atoms with Gasteiger partial charge in [-0.15, -0.1) is 0 Å². The Bertz CT molecular complexity index is 191. The van der Waals surface area contributed by atoms with Gasteiger partial charge in [0.1, 0.15) is 0 Å². The van der Waals surface area contributed by atoms with Gasteiger partial charge in [0.05, 0.1) is 6.10 Å². The summed E-state index contributed by atoms with van der Waals surface area (Å²) in [6.07, 6.45) is 8.50. The Hall–Kier alpha value is -0.0800. The van der Waals surface area contributed by atoms with E-state index in [1.54, 1.807) is 0 Å². The van der Waals surface area contributed by atoms with Crippen molar-refractivity contribution in [3.8, 4) is 0 Å². The zero-order valence-electron chi connectivity index (χ0n) is 10.2. The van der Waals surface area contributed by atoms with Gasteiger partial charge in [-0.05, 0) is 38.5 Å². The first-order chi connectivity index (χ1) is 7.31. The molecular weight excluding hydrogens is 186 g/mol. The molecule has 3 atom stereocenters. The SMILES string of the molecule is CCCCC(C)NC1CCOC1C1CC1. The average Bonchev–Trinajstić information content (AvgIpc) is 2.97. The summed E-state index contributed by atoms with van der Waals surface area (Å²) >= 11 is 0. The van der Waals surface area contributed by atoms with E-state index >= 15 is 0 Å². The molecule has 0 amide bonds. The minimum atomic E-state index is 0.536. The van der Waals surface area contributed by atoms with Gasteiger partial charge in [-0.3, -0.25) is 0 Å². The third kappa shape index (κ3) is 3.18. The first-order valence-electron chi connectivity index (χ1n) is 6.69. The van der Waals surface area contributed by atoms with Crippen molar-refractivity contribution in [2.75, 3.05) is 6.61 Å². The Morgan fingerprint density at radius 3 is 2.80 bits per heavy atom. The number of hydrogen-bond donors (Lipinski definition) is 1. The molecule has 2 heteroatoms. The molecule has 0 radical (unpaired) electrons. The summed E-state index contributed by atoms with van der Waals surface area (Å²) in [4.78, 5) is 0. The Kier molecular flexibility index (Phi) is 4.04. The molecule has 2 fully saturated rings. The second kappa shape index (κ2) is 5.31. The molecule has 1 saturated heterocycles. The topological polar surface area (TPSA) is 21.3 Å². The number of unbranched alkanes of at least 4 members (excludes halogenated alkanes) is 1. The first-order valence-corrected chi connectivity index (χ1v) is 6.69. The zero-order chi connectivity index (χ0) is 10.7. The molecule has 0 aromatic heterocycles. The molecule has 2 rings (SSSR count). The second-order valence-electron chi connectivity index (χ2n) is 5.28. The Balaban J connectivity index is 1.72. The summed E-state index contributed by atoms with van der Waals surface area (Å²) in [5, 5.41) is 3.76. The van der Waals surface area contributed by atoms with E-state index in [9.17, 15) is 0 Å². The van der Waals surface area contributed by atoms with Crippen LogP contribution in [0.5, 0.6) is 0 Å². The number of nitrogens with one attached hydrogen (secondary N) is 1. The first kappa shape index (κ1) is 11.4. The van der Waals surface area contributed by atoms with Crippen molar-refractivity contribution in [3.05, 3.63) is 0 Å². The van der Waals surface area contributed by atoms with Crippen LogP contribution in [0, 0.1) is 5.92 Å². The highest BCUT2D eigenvalue weighted by molar-refractivity contribution is 4.94. The molecule has 15 heavy (non-hydrogen) atoms. The van der Waals surface area contributed by atoms with Gasteiger partial charge in [-0.1, -0.05) is 19.8 Å². The summed E-state index contributed by atoms with van der Waals surface area (Å²) in [6, 6.07) is 1.31. The molecule has 1 N–H and O–H groups in total. The molecule has 0 spiro atoms. The van der Waals surface area contributed by atoms with Gasteiger partial charge in [0.2, 0.25) is 0 Å². The van der Waals surface area contributed by atoms with E-state index in [2.05, 4.69) is 19.2 Å². The summed E-state index contributed by atoms with van der Waals surface area (Å²) in [6.45, 7) is 5.55. The molecule has 1 saturated carbocycles. The molecule has 0 bridgehead atoms. The van der Waals surface area contributed by atoms with Crippen LogP contribution in [-0.2, 0) is 4.74 Å². The van der Waals surface area contributed by atoms with Crippen molar-refractivity contribution < 1.29 is 4.74 Å². The largest absolute Gasteiger partial charge is 0.376 e. The van der Waals surface area contributed by atoms with E-state index < -0.39 is 0 Å². The van der Waals surface area contributed by atoms with E-state index in [1.807, 2.05) is 0 Å². The molecule has 1 aliphatic carbocycles. The lowest BCUT2D eigenvalue weighted by atomic mass is 10.0. The van der Waals surface area contributed by atoms with Crippen molar-refractivity contribution in [2.24, 2.45) is 5.92 Å². The van der Waals surface area contributed by atoms with Crippen LogP contribution in [0.2, 0.25) is 0 Å². The second-order valence-corrected chi connectivity index (χ2v) is 5.28. The molecule has 3 unspecified atom stereocenters. The maximum absolute atomic E-state index is 5.83. The smallest absolute Gasteiger partial charge is 0.0757 e. The minimum Gasteiger partial charge on any atom is -0.376 e. The Labute approximate surface area is 93.8 Å². The summed E-state index contributed by atoms with van der Waals surface area (Å²) in [5.74, 6) is 0.878. The van der Waals surface area contributed by atoms with Crippen LogP contribution in [0.25, 0.3) is 0 Å². The molecule has 0 aromatic rings. The minimum absolute atomic E-state index is 0.536. The van der Waals surface area contributed by atoms with Crippen LogP contribution in [0.4, 0.5) is 0 Å². The number of hydrogen-bond acceptors (Lipinski definition) is 2. The highest BCUT2D eigenvalue weighted by Crippen LogP contribution is 2.38. The lowest BCUT2D eigenvalue weighted by molar-refractivity contribution is 0.0790. The maximum atomic E-state index is 5.83. The zero-order valence-corrected chi connectivity index (χ0v) is 10.2. The number of ether oxygens (including phenoxy) is 1. The van der Waals surface area contributed by atoms with Crippen LogP contribution in [0.15, 0.2) is 0 Å². The fourth-order valence-electron chi connectivity index (χ4n) is 2.64. The predicted octanol–water partition coefficient (Wildman–Crippen LogP) is 2.72. The number of rotatable bonds is 6. The molecule has 0 aromatic carbocycles. The van der Waals surface area contributed by atoms with Crippen molar-refractivity contribution in [1.82, 2.24) is 5.32 Å². The summed E-state index contributed by atoms with van der Waals surface area (Å²) < 4.78 is 5.83. The van der Waals surface area contributed by atoms with Gasteiger partial charge in [0.15, 0.2) is 0 Å². The summed E-state index contributed by atoms with van der Waals surface area (Å²) in [7, 11) is 0. The van der Waals surface area contributed by atoms with Gasteiger partial charge in [0, 0.05) is 18.7 Å². The van der Waals surface area contributed by atoms with Gasteiger partial charge in [-0.25, -0.2) is 0 Å². The van der Waals surface area contributed by atoms with Gasteiger partial charge < -0.3 is 10.1 Å². The standard InChI is InChI=1S/C13H25NO/c1-3-4-5-10(2)14-12-8-9-15-13(12)11-6-7-11/h10-14H,3-9H2,1-2H3. The predicted molar refractivity (Wildman–Crippen MR) is 63.0 cm³/mol. The van der Waals surface area contributed by atoms with E-state index in [1.165, 1.54) is 38.5 Å². The molecule has 2 nitrogen and oxygen atoms in total. The van der Waals surface area contributed by atoms with Gasteiger partial charge in [-0.2, -0.15) is 0 Å². The lowest BCUT2D eigenvalue weighted by Gasteiger charge is -2.23. The maximum Gasteiger partial charge on any atom is 0.0757 e. The van der Waals surface area contributed by atoms with Crippen LogP contribution >= 0.6 is 0 Å². The molecular formula is C13H25NO. The van der Waals surface area contributed by atoms with Crippen LogP contribution in [0.1, 0.15) is 52.4 Å². The van der Waals surface area contributed by atoms with Crippen molar-refractivity contribution in [3.63, 3.8) is 0 Å². The highest BCUT2D eigenvalue weighted by atomic mass is 16.5. The molecule has 1 heterocycles. The van der Waals surface area contributed by atoms with Crippen molar-refractivity contribution in [1.29, 1.82) is 0 Å². The monoisotopic (exact) mass is 211 g/mol. The highest BCUT2D eigenvalue weighted by Gasteiger charge is 2.40. The fourth-order valence-corrected chi connectivity index (χ4v) is 2.64. The van der Waals surface area contributed by atoms with Crippen molar-refractivity contribution in [2.45, 2.75) is 70.6 Å². The van der Waals surface area contributed by atoms with Crippen LogP contribution in [-0.4, -0.2) is 24.8 Å². The molecule has 88 valence electrons. The third-order valence-electron chi connectivity index (χ3n) is 3.71. The molecule has 2 aliphatic rings. The van der Waals surface area contributed by atoms with E-state index in [-0.39, 0.29) is 0 Å². The van der Waals surface area contributed by atoms with Crippen molar-refractivity contribution >= 4 is 0 Å². The van der Waals surface area contributed by atoms with E-state index in [0.29, 0.717) is 18.2 Å². The Morgan fingerprint density at radius 1 is 1.33 bits per heavy atom. The fraction of sp³-hybridized carbons (Fsp3) is 1.00. The Morgan fingerprint density at radius 2 is 2.13 bits per heavy atom. The van der Waals surface area contributed by atoms with Gasteiger partial charge in [0.25, 0.3) is 0 Å². The van der Waals surface area contributed by atoms with Crippen LogP contribution < -0.4 is 5.32 Å².